The van der Waals surface area contributed by atoms with Crippen molar-refractivity contribution in [3.63, 3.8) is 0 Å². The lowest BCUT2D eigenvalue weighted by Crippen LogP contribution is -1.92. The van der Waals surface area contributed by atoms with Crippen LogP contribution in [0.1, 0.15) is 110 Å². The van der Waals surface area contributed by atoms with Gasteiger partial charge >= 0.3 is 0 Å². The maximum Gasteiger partial charge on any atom is 0.256 e. The Morgan fingerprint density at radius 3 is 1.41 bits per heavy atom. The summed E-state index contributed by atoms with van der Waals surface area (Å²) in [5, 5.41) is 0. The maximum atomic E-state index is 10.9. The van der Waals surface area contributed by atoms with Crippen molar-refractivity contribution in [3.05, 3.63) is 0 Å². The lowest BCUT2D eigenvalue weighted by atomic mass is 10.0. The topological polar surface area (TPSA) is 46.5 Å². The number of carbonyl (C=O) groups excluding carboxylic acids is 2. The Labute approximate surface area is 137 Å². The summed E-state index contributed by atoms with van der Waals surface area (Å²) < 4.78 is 0. The Balaban J connectivity index is 3.05. The lowest BCUT2D eigenvalue weighted by Gasteiger charge is -2.03. The van der Waals surface area contributed by atoms with Gasteiger partial charge in [-0.2, -0.15) is 0 Å². The van der Waals surface area contributed by atoms with Crippen LogP contribution in [0.3, 0.4) is 0 Å². The molecule has 0 aromatic carbocycles. The van der Waals surface area contributed by atoms with E-state index in [9.17, 15) is 9.59 Å². The van der Waals surface area contributed by atoms with Gasteiger partial charge in [-0.15, -0.1) is 4.99 Å². The molecule has 0 N–H and O–H groups in total. The van der Waals surface area contributed by atoms with Crippen LogP contribution in [-0.4, -0.2) is 12.0 Å². The number of amides is 1. The quantitative estimate of drug-likeness (QED) is 0.196. The lowest BCUT2D eigenvalue weighted by molar-refractivity contribution is -0.117. The van der Waals surface area contributed by atoms with Gasteiger partial charge in [-0.1, -0.05) is 96.8 Å². The summed E-state index contributed by atoms with van der Waals surface area (Å²) in [5.74, 6) is -0.329. The summed E-state index contributed by atoms with van der Waals surface area (Å²) >= 11 is 0. The zero-order valence-corrected chi connectivity index (χ0v) is 14.6. The Morgan fingerprint density at radius 2 is 1.05 bits per heavy atom. The van der Waals surface area contributed by atoms with Crippen molar-refractivity contribution in [2.75, 3.05) is 0 Å². The first-order chi connectivity index (χ1) is 10.8. The van der Waals surface area contributed by atoms with Crippen molar-refractivity contribution in [2.24, 2.45) is 4.99 Å². The normalized spacial score (nSPS) is 10.4. The number of hydrogen-bond acceptors (Lipinski definition) is 2. The summed E-state index contributed by atoms with van der Waals surface area (Å²) in [4.78, 5) is 23.9. The van der Waals surface area contributed by atoms with Crippen molar-refractivity contribution in [1.82, 2.24) is 0 Å². The van der Waals surface area contributed by atoms with E-state index in [0.29, 0.717) is 6.42 Å². The van der Waals surface area contributed by atoms with Crippen LogP contribution in [0.4, 0.5) is 0 Å². The minimum absolute atomic E-state index is 0.329. The van der Waals surface area contributed by atoms with Gasteiger partial charge in [0.2, 0.25) is 6.08 Å². The first-order valence-corrected chi connectivity index (χ1v) is 9.42. The van der Waals surface area contributed by atoms with Gasteiger partial charge in [-0.05, 0) is 6.42 Å². The smallest absolute Gasteiger partial charge is 0.256 e. The average molecular weight is 309 g/mol. The van der Waals surface area contributed by atoms with E-state index in [4.69, 9.17) is 0 Å². The van der Waals surface area contributed by atoms with E-state index in [-0.39, 0.29) is 5.91 Å². The number of hydrogen-bond donors (Lipinski definition) is 0. The summed E-state index contributed by atoms with van der Waals surface area (Å²) in [7, 11) is 0. The van der Waals surface area contributed by atoms with Gasteiger partial charge in [0.05, 0.1) is 0 Å². The molecule has 0 unspecified atom stereocenters. The highest BCUT2D eigenvalue weighted by atomic mass is 16.2. The van der Waals surface area contributed by atoms with Gasteiger partial charge in [0, 0.05) is 6.42 Å². The third-order valence-electron chi connectivity index (χ3n) is 4.16. The van der Waals surface area contributed by atoms with Crippen molar-refractivity contribution >= 4 is 12.0 Å². The van der Waals surface area contributed by atoms with Crippen LogP contribution in [0.2, 0.25) is 0 Å². The Bertz CT molecular complexity index is 296. The van der Waals surface area contributed by atoms with Crippen molar-refractivity contribution in [2.45, 2.75) is 110 Å². The fourth-order valence-electron chi connectivity index (χ4n) is 2.75. The molecule has 0 aromatic rings. The molecule has 128 valence electrons. The molecule has 0 saturated carbocycles. The molecule has 3 nitrogen and oxygen atoms in total. The monoisotopic (exact) mass is 309 g/mol. The number of aliphatic imine (C=N–C) groups is 1. The molecule has 0 spiro atoms. The molecule has 0 saturated heterocycles. The SMILES string of the molecule is CCCCCCCCCCCCCCCCCC(=O)N=C=O. The second-order valence-electron chi connectivity index (χ2n) is 6.30. The van der Waals surface area contributed by atoms with E-state index in [2.05, 4.69) is 11.9 Å². The van der Waals surface area contributed by atoms with Crippen molar-refractivity contribution in [1.29, 1.82) is 0 Å². The third kappa shape index (κ3) is 17.1. The molecule has 0 heterocycles. The zero-order valence-electron chi connectivity index (χ0n) is 14.6. The third-order valence-corrected chi connectivity index (χ3v) is 4.16. The van der Waals surface area contributed by atoms with Gasteiger partial charge in [-0.25, -0.2) is 4.79 Å². The number of rotatable bonds is 16. The standard InChI is InChI=1S/C19H35NO2/c1-2-3-4-5-6-7-8-9-10-11-12-13-14-15-16-17-19(22)20-18-21/h2-17H2,1H3. The van der Waals surface area contributed by atoms with E-state index in [0.717, 1.165) is 12.8 Å². The number of nitrogens with zero attached hydrogens (tertiary/aromatic N) is 1. The molecule has 0 bridgehead atoms. The fraction of sp³-hybridized carbons (Fsp3) is 0.895. The van der Waals surface area contributed by atoms with E-state index in [1.807, 2.05) is 0 Å². The van der Waals surface area contributed by atoms with E-state index >= 15 is 0 Å². The first kappa shape index (κ1) is 21.0. The van der Waals surface area contributed by atoms with E-state index in [1.165, 1.54) is 89.6 Å². The number of carbonyl (C=O) groups is 1. The van der Waals surface area contributed by atoms with Gasteiger partial charge < -0.3 is 0 Å². The summed E-state index contributed by atoms with van der Waals surface area (Å²) in [6, 6.07) is 0. The van der Waals surface area contributed by atoms with Crippen LogP contribution in [0, 0.1) is 0 Å². The van der Waals surface area contributed by atoms with Crippen LogP contribution >= 0.6 is 0 Å². The molecule has 0 aliphatic heterocycles. The second-order valence-corrected chi connectivity index (χ2v) is 6.30. The minimum Gasteiger partial charge on any atom is -0.272 e. The van der Waals surface area contributed by atoms with Gasteiger partial charge in [0.15, 0.2) is 0 Å². The second kappa shape index (κ2) is 18.1. The van der Waals surface area contributed by atoms with Crippen LogP contribution in [0.25, 0.3) is 0 Å². The maximum absolute atomic E-state index is 10.9. The summed E-state index contributed by atoms with van der Waals surface area (Å²) in [5.41, 5.74) is 0. The molecule has 0 aliphatic rings. The number of isocyanates is 1. The molecule has 0 fully saturated rings. The Kier molecular flexibility index (Phi) is 17.3. The highest BCUT2D eigenvalue weighted by molar-refractivity contribution is 5.81. The number of unbranched alkanes of at least 4 members (excludes halogenated alkanes) is 14. The molecular weight excluding hydrogens is 274 g/mol. The summed E-state index contributed by atoms with van der Waals surface area (Å²) in [6.45, 7) is 2.27. The molecule has 0 radical (unpaired) electrons. The molecule has 0 aromatic heterocycles. The largest absolute Gasteiger partial charge is 0.272 e. The predicted octanol–water partition coefficient (Wildman–Crippen LogP) is 6.11. The molecule has 22 heavy (non-hydrogen) atoms. The van der Waals surface area contributed by atoms with Gasteiger partial charge in [0.25, 0.3) is 5.91 Å². The van der Waals surface area contributed by atoms with Crippen LogP contribution in [-0.2, 0) is 9.59 Å². The molecule has 0 aliphatic carbocycles. The molecule has 0 rings (SSSR count). The molecule has 1 amide bonds. The van der Waals surface area contributed by atoms with E-state index in [1.54, 1.807) is 0 Å². The van der Waals surface area contributed by atoms with E-state index < -0.39 is 0 Å². The predicted molar refractivity (Wildman–Crippen MR) is 92.7 cm³/mol. The summed E-state index contributed by atoms with van der Waals surface area (Å²) in [6.07, 6.45) is 21.3. The Hall–Kier alpha value is -0.950. The van der Waals surface area contributed by atoms with Crippen molar-refractivity contribution in [3.8, 4) is 0 Å². The highest BCUT2D eigenvalue weighted by Crippen LogP contribution is 2.13. The minimum atomic E-state index is -0.329. The zero-order chi connectivity index (χ0) is 16.3. The first-order valence-electron chi connectivity index (χ1n) is 9.42. The fourth-order valence-corrected chi connectivity index (χ4v) is 2.75. The molecule has 0 atom stereocenters. The molecule has 3 heteroatoms. The average Bonchev–Trinajstić information content (AvgIpc) is 2.51. The van der Waals surface area contributed by atoms with Crippen molar-refractivity contribution < 1.29 is 9.59 Å². The van der Waals surface area contributed by atoms with Crippen LogP contribution in [0.5, 0.6) is 0 Å². The highest BCUT2D eigenvalue weighted by Gasteiger charge is 1.98. The van der Waals surface area contributed by atoms with Gasteiger partial charge in [0.1, 0.15) is 0 Å². The Morgan fingerprint density at radius 1 is 0.682 bits per heavy atom. The van der Waals surface area contributed by atoms with Crippen LogP contribution in [0.15, 0.2) is 4.99 Å². The molecular formula is C19H35NO2. The van der Waals surface area contributed by atoms with Crippen LogP contribution < -0.4 is 0 Å². The van der Waals surface area contributed by atoms with Gasteiger partial charge in [-0.3, -0.25) is 4.79 Å².